The maximum Gasteiger partial charge on any atom is 0.217 e. The molecule has 0 saturated heterocycles. The van der Waals surface area contributed by atoms with Crippen LogP contribution in [-0.2, 0) is 11.2 Å². The minimum absolute atomic E-state index is 0.0354. The van der Waals surface area contributed by atoms with Crippen LogP contribution in [0.25, 0.3) is 11.1 Å². The molecular formula is C23H29NO2. The van der Waals surface area contributed by atoms with Crippen LogP contribution in [0.15, 0.2) is 48.5 Å². The van der Waals surface area contributed by atoms with E-state index in [1.807, 2.05) is 6.92 Å². The van der Waals surface area contributed by atoms with E-state index in [2.05, 4.69) is 53.8 Å². The van der Waals surface area contributed by atoms with Crippen molar-refractivity contribution in [2.45, 2.75) is 64.5 Å². The van der Waals surface area contributed by atoms with Crippen LogP contribution in [0, 0.1) is 0 Å². The van der Waals surface area contributed by atoms with E-state index in [-0.39, 0.29) is 11.9 Å². The highest BCUT2D eigenvalue weighted by molar-refractivity contribution is 5.73. The molecule has 3 heteroatoms. The quantitative estimate of drug-likeness (QED) is 0.751. The number of carbonyl (C=O) groups is 1. The minimum Gasteiger partial charge on any atom is -0.490 e. The minimum atomic E-state index is 0.0354. The summed E-state index contributed by atoms with van der Waals surface area (Å²) in [6.45, 7) is 3.61. The molecule has 1 amide bonds. The third-order valence-corrected chi connectivity index (χ3v) is 5.06. The smallest absolute Gasteiger partial charge is 0.217 e. The van der Waals surface area contributed by atoms with E-state index >= 15 is 0 Å². The Balaban J connectivity index is 1.55. The highest BCUT2D eigenvalue weighted by Gasteiger charge is 2.16. The molecule has 1 unspecified atom stereocenters. The molecule has 0 heterocycles. The third-order valence-electron chi connectivity index (χ3n) is 5.06. The third kappa shape index (κ3) is 5.35. The SMILES string of the molecule is CC(=O)NC(C)CCc1ccc(-c2ccc(OC3CCCC3)cc2)cc1. The fraction of sp³-hybridized carbons (Fsp3) is 0.435. The second-order valence-corrected chi connectivity index (χ2v) is 7.39. The second kappa shape index (κ2) is 8.88. The molecule has 3 rings (SSSR count). The summed E-state index contributed by atoms with van der Waals surface area (Å²) >= 11 is 0. The summed E-state index contributed by atoms with van der Waals surface area (Å²) in [6.07, 6.45) is 7.27. The maximum absolute atomic E-state index is 11.1. The number of rotatable bonds is 7. The molecule has 1 atom stereocenters. The monoisotopic (exact) mass is 351 g/mol. The predicted octanol–water partition coefficient (Wildman–Crippen LogP) is 5.13. The van der Waals surface area contributed by atoms with Crippen molar-refractivity contribution < 1.29 is 9.53 Å². The first kappa shape index (κ1) is 18.5. The van der Waals surface area contributed by atoms with E-state index in [9.17, 15) is 4.79 Å². The van der Waals surface area contributed by atoms with Gasteiger partial charge in [-0.1, -0.05) is 36.4 Å². The van der Waals surface area contributed by atoms with Gasteiger partial charge < -0.3 is 10.1 Å². The lowest BCUT2D eigenvalue weighted by Crippen LogP contribution is -2.30. The average Bonchev–Trinajstić information content (AvgIpc) is 3.14. The molecule has 1 aliphatic rings. The topological polar surface area (TPSA) is 38.3 Å². The number of nitrogens with one attached hydrogen (secondary N) is 1. The van der Waals surface area contributed by atoms with Gasteiger partial charge in [-0.15, -0.1) is 0 Å². The predicted molar refractivity (Wildman–Crippen MR) is 106 cm³/mol. The Morgan fingerprint density at radius 1 is 1.04 bits per heavy atom. The molecule has 0 aliphatic heterocycles. The second-order valence-electron chi connectivity index (χ2n) is 7.39. The largest absolute Gasteiger partial charge is 0.490 e. The fourth-order valence-electron chi connectivity index (χ4n) is 3.59. The Hall–Kier alpha value is -2.29. The molecule has 0 bridgehead atoms. The van der Waals surface area contributed by atoms with Gasteiger partial charge in [0.15, 0.2) is 0 Å². The number of benzene rings is 2. The lowest BCUT2D eigenvalue weighted by Gasteiger charge is -2.14. The van der Waals surface area contributed by atoms with Gasteiger partial charge >= 0.3 is 0 Å². The van der Waals surface area contributed by atoms with Crippen molar-refractivity contribution in [3.05, 3.63) is 54.1 Å². The zero-order valence-electron chi connectivity index (χ0n) is 15.8. The summed E-state index contributed by atoms with van der Waals surface area (Å²) in [7, 11) is 0. The molecule has 0 aromatic heterocycles. The Labute approximate surface area is 156 Å². The van der Waals surface area contributed by atoms with Crippen molar-refractivity contribution in [3.8, 4) is 16.9 Å². The summed E-state index contributed by atoms with van der Waals surface area (Å²) in [6, 6.07) is 17.3. The van der Waals surface area contributed by atoms with Gasteiger partial charge in [0.25, 0.3) is 0 Å². The van der Waals surface area contributed by atoms with Gasteiger partial charge in [-0.3, -0.25) is 4.79 Å². The molecule has 1 saturated carbocycles. The van der Waals surface area contributed by atoms with Crippen LogP contribution >= 0.6 is 0 Å². The Kier molecular flexibility index (Phi) is 6.32. The van der Waals surface area contributed by atoms with E-state index in [1.165, 1.54) is 42.4 Å². The lowest BCUT2D eigenvalue weighted by molar-refractivity contribution is -0.119. The fourth-order valence-corrected chi connectivity index (χ4v) is 3.59. The normalized spacial score (nSPS) is 15.6. The van der Waals surface area contributed by atoms with Crippen molar-refractivity contribution in [2.75, 3.05) is 0 Å². The molecule has 2 aromatic rings. The highest BCUT2D eigenvalue weighted by atomic mass is 16.5. The van der Waals surface area contributed by atoms with E-state index in [0.717, 1.165) is 18.6 Å². The Bertz CT molecular complexity index is 700. The van der Waals surface area contributed by atoms with Crippen LogP contribution in [0.3, 0.4) is 0 Å². The Morgan fingerprint density at radius 2 is 1.62 bits per heavy atom. The van der Waals surface area contributed by atoms with Crippen LogP contribution < -0.4 is 10.1 Å². The maximum atomic E-state index is 11.1. The molecule has 0 radical (unpaired) electrons. The molecule has 26 heavy (non-hydrogen) atoms. The number of ether oxygens (including phenoxy) is 1. The molecule has 2 aromatic carbocycles. The van der Waals surface area contributed by atoms with Gasteiger partial charge in [-0.2, -0.15) is 0 Å². The summed E-state index contributed by atoms with van der Waals surface area (Å²) in [5.74, 6) is 1.01. The summed E-state index contributed by atoms with van der Waals surface area (Å²) < 4.78 is 6.04. The summed E-state index contributed by atoms with van der Waals surface area (Å²) in [5, 5.41) is 2.93. The van der Waals surface area contributed by atoms with Crippen LogP contribution in [0.5, 0.6) is 5.75 Å². The number of carbonyl (C=O) groups excluding carboxylic acids is 1. The first-order valence-corrected chi connectivity index (χ1v) is 9.73. The number of hydrogen-bond donors (Lipinski definition) is 1. The van der Waals surface area contributed by atoms with Gasteiger partial charge in [0.2, 0.25) is 5.91 Å². The summed E-state index contributed by atoms with van der Waals surface area (Å²) in [4.78, 5) is 11.1. The first-order chi connectivity index (χ1) is 12.6. The highest BCUT2D eigenvalue weighted by Crippen LogP contribution is 2.27. The lowest BCUT2D eigenvalue weighted by atomic mass is 10.0. The van der Waals surface area contributed by atoms with Crippen LogP contribution in [0.4, 0.5) is 0 Å². The van der Waals surface area contributed by atoms with Crippen LogP contribution in [0.1, 0.15) is 51.5 Å². The van der Waals surface area contributed by atoms with E-state index in [4.69, 9.17) is 4.74 Å². The van der Waals surface area contributed by atoms with Gasteiger partial charge in [0, 0.05) is 13.0 Å². The average molecular weight is 351 g/mol. The number of hydrogen-bond acceptors (Lipinski definition) is 2. The molecule has 1 N–H and O–H groups in total. The summed E-state index contributed by atoms with van der Waals surface area (Å²) in [5.41, 5.74) is 3.73. The van der Waals surface area contributed by atoms with Gasteiger partial charge in [-0.05, 0) is 74.3 Å². The number of aryl methyl sites for hydroxylation is 1. The van der Waals surface area contributed by atoms with Crippen LogP contribution in [-0.4, -0.2) is 18.1 Å². The van der Waals surface area contributed by atoms with E-state index < -0.39 is 0 Å². The zero-order valence-corrected chi connectivity index (χ0v) is 15.8. The van der Waals surface area contributed by atoms with Crippen molar-refractivity contribution in [1.82, 2.24) is 5.32 Å². The van der Waals surface area contributed by atoms with E-state index in [1.54, 1.807) is 6.92 Å². The molecule has 3 nitrogen and oxygen atoms in total. The van der Waals surface area contributed by atoms with Crippen molar-refractivity contribution in [3.63, 3.8) is 0 Å². The van der Waals surface area contributed by atoms with Crippen molar-refractivity contribution >= 4 is 5.91 Å². The molecular weight excluding hydrogens is 322 g/mol. The molecule has 1 aliphatic carbocycles. The van der Waals surface area contributed by atoms with Crippen molar-refractivity contribution in [1.29, 1.82) is 0 Å². The Morgan fingerprint density at radius 3 is 2.19 bits per heavy atom. The molecule has 0 spiro atoms. The van der Waals surface area contributed by atoms with Crippen LogP contribution in [0.2, 0.25) is 0 Å². The van der Waals surface area contributed by atoms with E-state index in [0.29, 0.717) is 6.10 Å². The van der Waals surface area contributed by atoms with Gasteiger partial charge in [0.1, 0.15) is 5.75 Å². The first-order valence-electron chi connectivity index (χ1n) is 9.73. The van der Waals surface area contributed by atoms with Gasteiger partial charge in [-0.25, -0.2) is 0 Å². The van der Waals surface area contributed by atoms with Gasteiger partial charge in [0.05, 0.1) is 6.10 Å². The van der Waals surface area contributed by atoms with Crippen molar-refractivity contribution in [2.24, 2.45) is 0 Å². The molecule has 138 valence electrons. The molecule has 1 fully saturated rings. The number of amides is 1. The zero-order chi connectivity index (χ0) is 18.4. The standard InChI is InChI=1S/C23H29NO2/c1-17(24-18(2)25)7-8-19-9-11-20(12-10-19)21-13-15-23(16-14-21)26-22-5-3-4-6-22/h9-17,22H,3-8H2,1-2H3,(H,24,25).